The SMILES string of the molecule is CN(C)C(=O)Cc1ccc(NC(=O)c2ccc(OCCc3ccccc3)cc2)cc1. The molecule has 0 unspecified atom stereocenters. The Morgan fingerprint density at radius 2 is 1.50 bits per heavy atom. The van der Waals surface area contributed by atoms with Crippen molar-refractivity contribution in [3.05, 3.63) is 95.6 Å². The van der Waals surface area contributed by atoms with Gasteiger partial charge in [0.1, 0.15) is 5.75 Å². The summed E-state index contributed by atoms with van der Waals surface area (Å²) in [4.78, 5) is 25.8. The Kier molecular flexibility index (Phi) is 7.22. The smallest absolute Gasteiger partial charge is 0.255 e. The van der Waals surface area contributed by atoms with Crippen LogP contribution in [0.5, 0.6) is 5.75 Å². The fourth-order valence-corrected chi connectivity index (χ4v) is 2.88. The van der Waals surface area contributed by atoms with Crippen LogP contribution in [0.25, 0.3) is 0 Å². The lowest BCUT2D eigenvalue weighted by molar-refractivity contribution is -0.127. The molecule has 3 aromatic carbocycles. The van der Waals surface area contributed by atoms with Gasteiger partial charge in [-0.1, -0.05) is 42.5 Å². The van der Waals surface area contributed by atoms with Crippen LogP contribution in [0.3, 0.4) is 0 Å². The van der Waals surface area contributed by atoms with Gasteiger partial charge in [0.25, 0.3) is 5.91 Å². The second-order valence-electron chi connectivity index (χ2n) is 7.22. The highest BCUT2D eigenvalue weighted by Gasteiger charge is 2.08. The summed E-state index contributed by atoms with van der Waals surface area (Å²) in [6, 6.07) is 24.6. The molecule has 0 fully saturated rings. The van der Waals surface area contributed by atoms with Crippen molar-refractivity contribution in [3.63, 3.8) is 0 Å². The Morgan fingerprint density at radius 3 is 2.13 bits per heavy atom. The number of hydrogen-bond donors (Lipinski definition) is 1. The lowest BCUT2D eigenvalue weighted by atomic mass is 10.1. The average Bonchev–Trinajstić information content (AvgIpc) is 2.76. The number of likely N-dealkylation sites (N-methyl/N-ethyl adjacent to an activating group) is 1. The van der Waals surface area contributed by atoms with Crippen LogP contribution < -0.4 is 10.1 Å². The molecule has 0 spiro atoms. The molecule has 2 amide bonds. The Morgan fingerprint density at radius 1 is 0.833 bits per heavy atom. The Labute approximate surface area is 177 Å². The van der Waals surface area contributed by atoms with Crippen LogP contribution >= 0.6 is 0 Å². The van der Waals surface area contributed by atoms with Crippen molar-refractivity contribution in [1.29, 1.82) is 0 Å². The van der Waals surface area contributed by atoms with Crippen LogP contribution in [0.2, 0.25) is 0 Å². The first-order chi connectivity index (χ1) is 14.5. The third kappa shape index (κ3) is 6.21. The van der Waals surface area contributed by atoms with Crippen LogP contribution in [0.1, 0.15) is 21.5 Å². The van der Waals surface area contributed by atoms with Gasteiger partial charge in [0, 0.05) is 31.8 Å². The van der Waals surface area contributed by atoms with E-state index in [1.54, 1.807) is 55.4 Å². The number of hydrogen-bond acceptors (Lipinski definition) is 3. The van der Waals surface area contributed by atoms with E-state index in [0.717, 1.165) is 17.7 Å². The minimum absolute atomic E-state index is 0.0397. The van der Waals surface area contributed by atoms with Gasteiger partial charge in [-0.2, -0.15) is 0 Å². The maximum absolute atomic E-state index is 12.5. The van der Waals surface area contributed by atoms with E-state index in [9.17, 15) is 9.59 Å². The van der Waals surface area contributed by atoms with Gasteiger partial charge in [-0.25, -0.2) is 0 Å². The van der Waals surface area contributed by atoms with E-state index in [2.05, 4.69) is 17.4 Å². The summed E-state index contributed by atoms with van der Waals surface area (Å²) in [6.45, 7) is 0.582. The third-order valence-electron chi connectivity index (χ3n) is 4.68. The molecule has 0 heterocycles. The highest BCUT2D eigenvalue weighted by molar-refractivity contribution is 6.04. The molecule has 0 aliphatic carbocycles. The molecule has 30 heavy (non-hydrogen) atoms. The molecule has 3 rings (SSSR count). The van der Waals surface area contributed by atoms with E-state index in [1.165, 1.54) is 5.56 Å². The molecular formula is C25H26N2O3. The first-order valence-electron chi connectivity index (χ1n) is 9.88. The fourth-order valence-electron chi connectivity index (χ4n) is 2.88. The zero-order valence-electron chi connectivity index (χ0n) is 17.3. The Hall–Kier alpha value is -3.60. The van der Waals surface area contributed by atoms with Crippen molar-refractivity contribution in [2.45, 2.75) is 12.8 Å². The molecule has 0 saturated carbocycles. The van der Waals surface area contributed by atoms with E-state index >= 15 is 0 Å². The molecule has 0 saturated heterocycles. The number of anilines is 1. The molecule has 1 N–H and O–H groups in total. The highest BCUT2D eigenvalue weighted by Crippen LogP contribution is 2.16. The lowest BCUT2D eigenvalue weighted by Crippen LogP contribution is -2.23. The summed E-state index contributed by atoms with van der Waals surface area (Å²) in [7, 11) is 3.47. The first-order valence-corrected chi connectivity index (χ1v) is 9.88. The Bertz CT molecular complexity index is 966. The Balaban J connectivity index is 1.50. The van der Waals surface area contributed by atoms with E-state index in [4.69, 9.17) is 4.74 Å². The molecule has 5 heteroatoms. The summed E-state index contributed by atoms with van der Waals surface area (Å²) >= 11 is 0. The number of amides is 2. The lowest BCUT2D eigenvalue weighted by Gasteiger charge is -2.11. The van der Waals surface area contributed by atoms with Crippen molar-refractivity contribution in [1.82, 2.24) is 4.90 Å². The number of nitrogens with one attached hydrogen (secondary N) is 1. The summed E-state index contributed by atoms with van der Waals surface area (Å²) in [5.74, 6) is 0.582. The molecule has 3 aromatic rings. The van der Waals surface area contributed by atoms with E-state index in [1.807, 2.05) is 30.3 Å². The number of carbonyl (C=O) groups excluding carboxylic acids is 2. The summed E-state index contributed by atoms with van der Waals surface area (Å²) in [5.41, 5.74) is 3.37. The van der Waals surface area contributed by atoms with Crippen molar-refractivity contribution in [3.8, 4) is 5.75 Å². The van der Waals surface area contributed by atoms with Crippen LogP contribution in [0, 0.1) is 0 Å². The number of benzene rings is 3. The number of rotatable bonds is 8. The summed E-state index contributed by atoms with van der Waals surface area (Å²) in [6.07, 6.45) is 1.17. The second-order valence-corrected chi connectivity index (χ2v) is 7.22. The molecule has 0 atom stereocenters. The highest BCUT2D eigenvalue weighted by atomic mass is 16.5. The largest absolute Gasteiger partial charge is 0.493 e. The van der Waals surface area contributed by atoms with Crippen LogP contribution in [-0.2, 0) is 17.6 Å². The molecule has 0 radical (unpaired) electrons. The van der Waals surface area contributed by atoms with Crippen molar-refractivity contribution in [2.24, 2.45) is 0 Å². The van der Waals surface area contributed by atoms with Gasteiger partial charge < -0.3 is 15.0 Å². The monoisotopic (exact) mass is 402 g/mol. The van der Waals surface area contributed by atoms with Gasteiger partial charge >= 0.3 is 0 Å². The quantitative estimate of drug-likeness (QED) is 0.615. The number of nitrogens with zero attached hydrogens (tertiary/aromatic N) is 1. The fraction of sp³-hybridized carbons (Fsp3) is 0.200. The van der Waals surface area contributed by atoms with Crippen LogP contribution in [-0.4, -0.2) is 37.4 Å². The van der Waals surface area contributed by atoms with E-state index in [-0.39, 0.29) is 11.8 Å². The molecule has 0 bridgehead atoms. The van der Waals surface area contributed by atoms with E-state index in [0.29, 0.717) is 24.3 Å². The van der Waals surface area contributed by atoms with Crippen molar-refractivity contribution in [2.75, 3.05) is 26.0 Å². The predicted octanol–water partition coefficient (Wildman–Crippen LogP) is 4.19. The first kappa shape index (κ1) is 21.1. The molecule has 0 aliphatic rings. The zero-order valence-corrected chi connectivity index (χ0v) is 17.3. The molecule has 5 nitrogen and oxygen atoms in total. The topological polar surface area (TPSA) is 58.6 Å². The molecule has 154 valence electrons. The van der Waals surface area contributed by atoms with Gasteiger partial charge in [0.2, 0.25) is 5.91 Å². The normalized spacial score (nSPS) is 10.3. The number of ether oxygens (including phenoxy) is 1. The summed E-state index contributed by atoms with van der Waals surface area (Å²) < 4.78 is 5.76. The number of carbonyl (C=O) groups is 2. The van der Waals surface area contributed by atoms with Gasteiger partial charge in [-0.3, -0.25) is 9.59 Å². The van der Waals surface area contributed by atoms with E-state index < -0.39 is 0 Å². The predicted molar refractivity (Wildman–Crippen MR) is 119 cm³/mol. The zero-order chi connectivity index (χ0) is 21.3. The van der Waals surface area contributed by atoms with Crippen LogP contribution in [0.4, 0.5) is 5.69 Å². The minimum atomic E-state index is -0.192. The van der Waals surface area contributed by atoms with Gasteiger partial charge in [-0.05, 0) is 47.5 Å². The van der Waals surface area contributed by atoms with Gasteiger partial charge in [0.05, 0.1) is 13.0 Å². The van der Waals surface area contributed by atoms with Crippen molar-refractivity contribution < 1.29 is 14.3 Å². The van der Waals surface area contributed by atoms with Crippen LogP contribution in [0.15, 0.2) is 78.9 Å². The van der Waals surface area contributed by atoms with Gasteiger partial charge in [0.15, 0.2) is 0 Å². The van der Waals surface area contributed by atoms with Crippen molar-refractivity contribution >= 4 is 17.5 Å². The molecule has 0 aromatic heterocycles. The maximum atomic E-state index is 12.5. The standard InChI is InChI=1S/C25H26N2O3/c1-27(2)24(28)18-20-8-12-22(13-9-20)26-25(29)21-10-14-23(15-11-21)30-17-16-19-6-4-3-5-7-19/h3-15H,16-18H2,1-2H3,(H,26,29). The summed E-state index contributed by atoms with van der Waals surface area (Å²) in [5, 5.41) is 2.87. The molecular weight excluding hydrogens is 376 g/mol. The molecule has 0 aliphatic heterocycles. The average molecular weight is 402 g/mol. The second kappa shape index (κ2) is 10.3. The third-order valence-corrected chi connectivity index (χ3v) is 4.68. The minimum Gasteiger partial charge on any atom is -0.493 e. The van der Waals surface area contributed by atoms with Gasteiger partial charge in [-0.15, -0.1) is 0 Å². The maximum Gasteiger partial charge on any atom is 0.255 e.